The highest BCUT2D eigenvalue weighted by Crippen LogP contribution is 2.23. The van der Waals surface area contributed by atoms with Gasteiger partial charge in [-0.05, 0) is 12.8 Å². The molecule has 0 radical (unpaired) electrons. The summed E-state index contributed by atoms with van der Waals surface area (Å²) < 4.78 is 5.15. The predicted molar refractivity (Wildman–Crippen MR) is 75.5 cm³/mol. The molecule has 0 saturated heterocycles. The van der Waals surface area contributed by atoms with Gasteiger partial charge in [0.15, 0.2) is 5.69 Å². The van der Waals surface area contributed by atoms with Gasteiger partial charge in [-0.1, -0.05) is 38.3 Å². The minimum atomic E-state index is -0.203. The summed E-state index contributed by atoms with van der Waals surface area (Å²) >= 11 is 0. The first kappa shape index (κ1) is 15.0. The standard InChI is InChI=1S/C15H24N2O3/c1-10(2)14-8-13(17-20-14)15(19)16-12-7-5-3-4-6-11(12)9-18/h8,10-12,18H,3-7,9H2,1-2H3,(H,16,19). The first-order valence-electron chi connectivity index (χ1n) is 7.50. The molecule has 1 aliphatic rings. The van der Waals surface area contributed by atoms with Crippen molar-refractivity contribution in [2.75, 3.05) is 6.61 Å². The van der Waals surface area contributed by atoms with E-state index in [1.54, 1.807) is 6.07 Å². The SMILES string of the molecule is CC(C)c1cc(C(=O)NC2CCCCCC2CO)no1. The van der Waals surface area contributed by atoms with Crippen molar-refractivity contribution >= 4 is 5.91 Å². The second kappa shape index (κ2) is 6.88. The molecule has 2 atom stereocenters. The Morgan fingerprint density at radius 1 is 1.45 bits per heavy atom. The Labute approximate surface area is 119 Å². The molecule has 2 rings (SSSR count). The van der Waals surface area contributed by atoms with Gasteiger partial charge in [-0.2, -0.15) is 0 Å². The van der Waals surface area contributed by atoms with Crippen LogP contribution in [-0.2, 0) is 0 Å². The van der Waals surface area contributed by atoms with E-state index in [9.17, 15) is 9.90 Å². The minimum absolute atomic E-state index is 0.0363. The number of aliphatic hydroxyl groups excluding tert-OH is 1. The van der Waals surface area contributed by atoms with Crippen LogP contribution in [0.2, 0.25) is 0 Å². The molecule has 5 nitrogen and oxygen atoms in total. The van der Waals surface area contributed by atoms with Crippen LogP contribution in [-0.4, -0.2) is 28.8 Å². The summed E-state index contributed by atoms with van der Waals surface area (Å²) in [5.74, 6) is 0.880. The first-order chi connectivity index (χ1) is 9.61. The molecule has 1 aromatic heterocycles. The third-order valence-corrected chi connectivity index (χ3v) is 4.04. The number of rotatable bonds is 4. The molecule has 1 heterocycles. The van der Waals surface area contributed by atoms with E-state index in [-0.39, 0.29) is 30.4 Å². The second-order valence-electron chi connectivity index (χ2n) is 5.93. The Hall–Kier alpha value is -1.36. The number of amides is 1. The van der Waals surface area contributed by atoms with Gasteiger partial charge in [0, 0.05) is 30.6 Å². The van der Waals surface area contributed by atoms with Crippen LogP contribution in [0.4, 0.5) is 0 Å². The minimum Gasteiger partial charge on any atom is -0.396 e. The number of carbonyl (C=O) groups excluding carboxylic acids is 1. The molecule has 0 aromatic carbocycles. The van der Waals surface area contributed by atoms with Crippen LogP contribution in [0.15, 0.2) is 10.6 Å². The van der Waals surface area contributed by atoms with Crippen LogP contribution < -0.4 is 5.32 Å². The van der Waals surface area contributed by atoms with Crippen molar-refractivity contribution in [2.45, 2.75) is 57.9 Å². The quantitative estimate of drug-likeness (QED) is 0.831. The van der Waals surface area contributed by atoms with Gasteiger partial charge in [0.2, 0.25) is 0 Å². The smallest absolute Gasteiger partial charge is 0.273 e. The average Bonchev–Trinajstić information content (AvgIpc) is 2.82. The highest BCUT2D eigenvalue weighted by molar-refractivity contribution is 5.92. The molecule has 2 N–H and O–H groups in total. The molecule has 1 aromatic rings. The van der Waals surface area contributed by atoms with Crippen molar-refractivity contribution in [3.8, 4) is 0 Å². The van der Waals surface area contributed by atoms with Gasteiger partial charge >= 0.3 is 0 Å². The highest BCUT2D eigenvalue weighted by atomic mass is 16.5. The van der Waals surface area contributed by atoms with Gasteiger partial charge in [-0.15, -0.1) is 0 Å². The van der Waals surface area contributed by atoms with Crippen LogP contribution >= 0.6 is 0 Å². The van der Waals surface area contributed by atoms with Crippen LogP contribution in [0.5, 0.6) is 0 Å². The molecule has 2 unspecified atom stereocenters. The maximum Gasteiger partial charge on any atom is 0.273 e. The second-order valence-corrected chi connectivity index (χ2v) is 5.93. The molecule has 0 spiro atoms. The molecule has 20 heavy (non-hydrogen) atoms. The summed E-state index contributed by atoms with van der Waals surface area (Å²) in [5, 5.41) is 16.3. The van der Waals surface area contributed by atoms with Crippen molar-refractivity contribution in [3.63, 3.8) is 0 Å². The van der Waals surface area contributed by atoms with Crippen molar-refractivity contribution in [2.24, 2.45) is 5.92 Å². The van der Waals surface area contributed by atoms with Crippen LogP contribution in [0.3, 0.4) is 0 Å². The lowest BCUT2D eigenvalue weighted by Crippen LogP contribution is -2.41. The topological polar surface area (TPSA) is 75.4 Å². The summed E-state index contributed by atoms with van der Waals surface area (Å²) in [6.07, 6.45) is 5.28. The predicted octanol–water partition coefficient (Wildman–Crippen LogP) is 2.47. The molecule has 0 bridgehead atoms. The monoisotopic (exact) mass is 280 g/mol. The number of hydrogen-bond donors (Lipinski definition) is 2. The summed E-state index contributed by atoms with van der Waals surface area (Å²) in [7, 11) is 0. The molecule has 0 aliphatic heterocycles. The zero-order valence-corrected chi connectivity index (χ0v) is 12.3. The van der Waals surface area contributed by atoms with Crippen molar-refractivity contribution in [3.05, 3.63) is 17.5 Å². The Bertz CT molecular complexity index is 442. The molecule has 112 valence electrons. The van der Waals surface area contributed by atoms with Crippen molar-refractivity contribution in [1.29, 1.82) is 0 Å². The van der Waals surface area contributed by atoms with Crippen molar-refractivity contribution < 1.29 is 14.4 Å². The van der Waals surface area contributed by atoms with E-state index in [4.69, 9.17) is 4.52 Å². The van der Waals surface area contributed by atoms with Gasteiger partial charge in [0.05, 0.1) is 0 Å². The Balaban J connectivity index is 2.01. The fourth-order valence-electron chi connectivity index (χ4n) is 2.70. The molecule has 1 fully saturated rings. The van der Waals surface area contributed by atoms with Gasteiger partial charge in [0.25, 0.3) is 5.91 Å². The van der Waals surface area contributed by atoms with E-state index in [1.807, 2.05) is 13.8 Å². The van der Waals surface area contributed by atoms with Crippen molar-refractivity contribution in [1.82, 2.24) is 10.5 Å². The Kier molecular flexibility index (Phi) is 5.17. The Morgan fingerprint density at radius 3 is 2.85 bits per heavy atom. The molecule has 5 heteroatoms. The van der Waals surface area contributed by atoms with Gasteiger partial charge in [0.1, 0.15) is 5.76 Å². The summed E-state index contributed by atoms with van der Waals surface area (Å²) in [4.78, 5) is 12.2. The number of nitrogens with zero attached hydrogens (tertiary/aromatic N) is 1. The highest BCUT2D eigenvalue weighted by Gasteiger charge is 2.26. The molecular formula is C15H24N2O3. The lowest BCUT2D eigenvalue weighted by atomic mass is 9.95. The molecule has 1 saturated carbocycles. The molecule has 1 amide bonds. The number of carbonyl (C=O) groups is 1. The van der Waals surface area contributed by atoms with Crippen LogP contribution in [0.1, 0.15) is 68.1 Å². The summed E-state index contributed by atoms with van der Waals surface area (Å²) in [6.45, 7) is 4.12. The zero-order chi connectivity index (χ0) is 14.5. The van der Waals surface area contributed by atoms with E-state index in [0.29, 0.717) is 5.69 Å². The maximum atomic E-state index is 12.2. The fourth-order valence-corrected chi connectivity index (χ4v) is 2.70. The van der Waals surface area contributed by atoms with Crippen LogP contribution in [0, 0.1) is 5.92 Å². The number of nitrogens with one attached hydrogen (secondary N) is 1. The molecule has 1 aliphatic carbocycles. The average molecular weight is 280 g/mol. The first-order valence-corrected chi connectivity index (χ1v) is 7.50. The van der Waals surface area contributed by atoms with E-state index in [2.05, 4.69) is 10.5 Å². The Morgan fingerprint density at radius 2 is 2.20 bits per heavy atom. The maximum absolute atomic E-state index is 12.2. The summed E-state index contributed by atoms with van der Waals surface area (Å²) in [6, 6.07) is 1.74. The van der Waals surface area contributed by atoms with Crippen LogP contribution in [0.25, 0.3) is 0 Å². The van der Waals surface area contributed by atoms with E-state index >= 15 is 0 Å². The molecular weight excluding hydrogens is 256 g/mol. The van der Waals surface area contributed by atoms with E-state index < -0.39 is 0 Å². The lowest BCUT2D eigenvalue weighted by molar-refractivity contribution is 0.0890. The van der Waals surface area contributed by atoms with Gasteiger partial charge < -0.3 is 14.9 Å². The van der Waals surface area contributed by atoms with E-state index in [0.717, 1.165) is 31.4 Å². The van der Waals surface area contributed by atoms with Gasteiger partial charge in [-0.25, -0.2) is 0 Å². The fraction of sp³-hybridized carbons (Fsp3) is 0.733. The number of aliphatic hydroxyl groups is 1. The third kappa shape index (κ3) is 3.60. The zero-order valence-electron chi connectivity index (χ0n) is 12.3. The normalized spacial score (nSPS) is 23.6. The third-order valence-electron chi connectivity index (χ3n) is 4.04. The summed E-state index contributed by atoms with van der Waals surface area (Å²) in [5.41, 5.74) is 0.328. The largest absolute Gasteiger partial charge is 0.396 e. The lowest BCUT2D eigenvalue weighted by Gasteiger charge is -2.23. The number of hydrogen-bond acceptors (Lipinski definition) is 4. The van der Waals surface area contributed by atoms with Gasteiger partial charge in [-0.3, -0.25) is 4.79 Å². The number of aromatic nitrogens is 1. The van der Waals surface area contributed by atoms with E-state index in [1.165, 1.54) is 6.42 Å².